The van der Waals surface area contributed by atoms with Gasteiger partial charge in [-0.1, -0.05) is 44.1 Å². The zero-order chi connectivity index (χ0) is 24.0. The molecule has 8 nitrogen and oxygen atoms in total. The number of thioether (sulfide) groups is 1. The van der Waals surface area contributed by atoms with Gasteiger partial charge in [-0.15, -0.1) is 0 Å². The molecule has 0 saturated heterocycles. The number of halogens is 2. The molecule has 32 heavy (non-hydrogen) atoms. The summed E-state index contributed by atoms with van der Waals surface area (Å²) in [4.78, 5) is 47.1. The summed E-state index contributed by atoms with van der Waals surface area (Å²) < 4.78 is 15.7. The van der Waals surface area contributed by atoms with Crippen molar-refractivity contribution in [1.82, 2.24) is 19.1 Å². The van der Waals surface area contributed by atoms with Gasteiger partial charge >= 0.3 is 5.69 Å². The van der Waals surface area contributed by atoms with Crippen LogP contribution < -0.4 is 16.6 Å². The average molecular weight is 480 g/mol. The number of anilines is 1. The van der Waals surface area contributed by atoms with E-state index in [4.69, 9.17) is 11.6 Å². The molecule has 0 fully saturated rings. The fourth-order valence-corrected chi connectivity index (χ4v) is 4.01. The van der Waals surface area contributed by atoms with E-state index in [-0.39, 0.29) is 22.0 Å². The lowest BCUT2D eigenvalue weighted by Gasteiger charge is -2.20. The number of hydrogen-bond donors (Lipinski definition) is 1. The Morgan fingerprint density at radius 1 is 1.19 bits per heavy atom. The van der Waals surface area contributed by atoms with Crippen LogP contribution in [0.5, 0.6) is 0 Å². The van der Waals surface area contributed by atoms with Gasteiger partial charge in [0.05, 0.1) is 10.3 Å². The van der Waals surface area contributed by atoms with Crippen LogP contribution >= 0.6 is 23.4 Å². The van der Waals surface area contributed by atoms with Gasteiger partial charge in [0.1, 0.15) is 22.1 Å². The molecule has 1 N–H and O–H groups in total. The molecule has 3 aromatic rings. The number of amides is 1. The minimum absolute atomic E-state index is 0.107. The van der Waals surface area contributed by atoms with Gasteiger partial charge in [0.2, 0.25) is 5.91 Å². The van der Waals surface area contributed by atoms with E-state index in [1.165, 1.54) is 30.8 Å². The third-order valence-corrected chi connectivity index (χ3v) is 6.16. The van der Waals surface area contributed by atoms with Crippen LogP contribution in [0, 0.1) is 5.82 Å². The molecule has 1 unspecified atom stereocenters. The van der Waals surface area contributed by atoms with Gasteiger partial charge in [-0.05, 0) is 25.1 Å². The third-order valence-electron chi connectivity index (χ3n) is 4.78. The second-order valence-electron chi connectivity index (χ2n) is 8.38. The first-order valence-corrected chi connectivity index (χ1v) is 11.0. The number of carbonyl (C=O) groups is 1. The van der Waals surface area contributed by atoms with Crippen molar-refractivity contribution in [3.05, 3.63) is 55.7 Å². The maximum atomic E-state index is 13.4. The van der Waals surface area contributed by atoms with Crippen molar-refractivity contribution in [3.63, 3.8) is 0 Å². The van der Waals surface area contributed by atoms with Gasteiger partial charge in [0, 0.05) is 25.2 Å². The second-order valence-corrected chi connectivity index (χ2v) is 10.1. The van der Waals surface area contributed by atoms with Gasteiger partial charge in [-0.25, -0.2) is 19.2 Å². The smallest absolute Gasteiger partial charge is 0.325 e. The maximum absolute atomic E-state index is 13.4. The molecule has 11 heteroatoms. The minimum Gasteiger partial charge on any atom is -0.325 e. The molecular formula is C21H23ClFN5O3S. The van der Waals surface area contributed by atoms with Crippen molar-refractivity contribution in [2.45, 2.75) is 43.4 Å². The monoisotopic (exact) mass is 479 g/mol. The summed E-state index contributed by atoms with van der Waals surface area (Å²) in [5.74, 6) is -0.534. The largest absolute Gasteiger partial charge is 0.332 e. The first kappa shape index (κ1) is 23.9. The van der Waals surface area contributed by atoms with E-state index >= 15 is 0 Å². The lowest BCUT2D eigenvalue weighted by atomic mass is 9.96. The summed E-state index contributed by atoms with van der Waals surface area (Å²) in [5, 5.41) is 2.36. The highest BCUT2D eigenvalue weighted by molar-refractivity contribution is 8.00. The van der Waals surface area contributed by atoms with Crippen LogP contribution in [0.15, 0.2) is 32.8 Å². The van der Waals surface area contributed by atoms with Crippen LogP contribution in [0.1, 0.15) is 33.5 Å². The lowest BCUT2D eigenvalue weighted by Crippen LogP contribution is -2.38. The maximum Gasteiger partial charge on any atom is 0.332 e. The van der Waals surface area contributed by atoms with Gasteiger partial charge in [0.25, 0.3) is 5.56 Å². The van der Waals surface area contributed by atoms with Crippen molar-refractivity contribution in [2.24, 2.45) is 14.1 Å². The molecule has 1 aromatic carbocycles. The SMILES string of the molecule is CC(Sc1nc(C(C)(C)C)nc2c1c(=O)n(C)c(=O)n2C)C(=O)Nc1ccc(F)c(Cl)c1. The van der Waals surface area contributed by atoms with E-state index < -0.39 is 27.7 Å². The first-order valence-electron chi connectivity index (χ1n) is 9.72. The zero-order valence-electron chi connectivity index (χ0n) is 18.5. The number of aryl methyl sites for hydroxylation is 1. The number of rotatable bonds is 4. The van der Waals surface area contributed by atoms with Crippen molar-refractivity contribution < 1.29 is 9.18 Å². The van der Waals surface area contributed by atoms with Crippen LogP contribution in [-0.2, 0) is 24.3 Å². The summed E-state index contributed by atoms with van der Waals surface area (Å²) in [6.07, 6.45) is 0. The molecule has 0 bridgehead atoms. The second kappa shape index (κ2) is 8.67. The van der Waals surface area contributed by atoms with Crippen LogP contribution in [0.25, 0.3) is 11.0 Å². The molecular weight excluding hydrogens is 457 g/mol. The molecule has 2 heterocycles. The van der Waals surface area contributed by atoms with Crippen LogP contribution in [0.4, 0.5) is 10.1 Å². The zero-order valence-corrected chi connectivity index (χ0v) is 20.1. The Balaban J connectivity index is 2.06. The Bertz CT molecular complexity index is 1350. The lowest BCUT2D eigenvalue weighted by molar-refractivity contribution is -0.115. The molecule has 0 spiro atoms. The summed E-state index contributed by atoms with van der Waals surface area (Å²) in [7, 11) is 2.91. The molecule has 0 aliphatic carbocycles. The summed E-state index contributed by atoms with van der Waals surface area (Å²) in [5.41, 5.74) is -0.953. The molecule has 1 amide bonds. The molecule has 0 aliphatic heterocycles. The summed E-state index contributed by atoms with van der Waals surface area (Å²) in [6, 6.07) is 3.88. The summed E-state index contributed by atoms with van der Waals surface area (Å²) in [6.45, 7) is 7.39. The van der Waals surface area contributed by atoms with E-state index in [0.29, 0.717) is 16.5 Å². The van der Waals surface area contributed by atoms with Crippen LogP contribution in [0.3, 0.4) is 0 Å². The quantitative estimate of drug-likeness (QED) is 0.455. The first-order chi connectivity index (χ1) is 14.8. The molecule has 0 aliphatic rings. The number of aromatic nitrogens is 4. The molecule has 0 radical (unpaired) electrons. The number of carbonyl (C=O) groups excluding carboxylic acids is 1. The Kier molecular flexibility index (Phi) is 6.48. The molecule has 3 rings (SSSR count). The predicted molar refractivity (Wildman–Crippen MR) is 124 cm³/mol. The number of hydrogen-bond acceptors (Lipinski definition) is 6. The van der Waals surface area contributed by atoms with Gasteiger partial charge in [-0.3, -0.25) is 18.7 Å². The van der Waals surface area contributed by atoms with E-state index in [2.05, 4.69) is 15.3 Å². The van der Waals surface area contributed by atoms with E-state index in [1.807, 2.05) is 20.8 Å². The number of nitrogens with one attached hydrogen (secondary N) is 1. The molecule has 1 atom stereocenters. The number of benzene rings is 1. The highest BCUT2D eigenvalue weighted by Crippen LogP contribution is 2.30. The molecule has 0 saturated carbocycles. The van der Waals surface area contributed by atoms with E-state index in [9.17, 15) is 18.8 Å². The van der Waals surface area contributed by atoms with Crippen LogP contribution in [0.2, 0.25) is 5.02 Å². The Morgan fingerprint density at radius 3 is 2.44 bits per heavy atom. The molecule has 2 aromatic heterocycles. The fraction of sp³-hybridized carbons (Fsp3) is 0.381. The Hall–Kier alpha value is -2.72. The van der Waals surface area contributed by atoms with Crippen molar-refractivity contribution in [3.8, 4) is 0 Å². The Labute approximate surface area is 192 Å². The average Bonchev–Trinajstić information content (AvgIpc) is 2.72. The van der Waals surface area contributed by atoms with Crippen LogP contribution in [-0.4, -0.2) is 30.3 Å². The Morgan fingerprint density at radius 2 is 1.84 bits per heavy atom. The van der Waals surface area contributed by atoms with Gasteiger partial charge < -0.3 is 5.32 Å². The van der Waals surface area contributed by atoms with Crippen molar-refractivity contribution in [1.29, 1.82) is 0 Å². The molecule has 170 valence electrons. The highest BCUT2D eigenvalue weighted by Gasteiger charge is 2.26. The normalized spacial score (nSPS) is 12.8. The summed E-state index contributed by atoms with van der Waals surface area (Å²) >= 11 is 6.86. The predicted octanol–water partition coefficient (Wildman–Crippen LogP) is 3.24. The van der Waals surface area contributed by atoms with Crippen molar-refractivity contribution >= 4 is 46.0 Å². The van der Waals surface area contributed by atoms with Gasteiger partial charge in [-0.2, -0.15) is 0 Å². The third kappa shape index (κ3) is 4.56. The van der Waals surface area contributed by atoms with E-state index in [1.54, 1.807) is 6.92 Å². The number of fused-ring (bicyclic) bond motifs is 1. The minimum atomic E-state index is -0.674. The highest BCUT2D eigenvalue weighted by atomic mass is 35.5. The van der Waals surface area contributed by atoms with Gasteiger partial charge in [0.15, 0.2) is 5.65 Å². The van der Waals surface area contributed by atoms with E-state index in [0.717, 1.165) is 22.4 Å². The standard InChI is InChI=1S/C21H23ClFN5O3S/c1-10(16(29)24-11-7-8-13(23)12(22)9-11)32-17-14-15(25-19(26-17)21(2,3)4)27(5)20(31)28(6)18(14)30/h7-10H,1-6H3,(H,24,29). The fourth-order valence-electron chi connectivity index (χ4n) is 2.89. The van der Waals surface area contributed by atoms with Crippen molar-refractivity contribution in [2.75, 3.05) is 5.32 Å². The topological polar surface area (TPSA) is 98.9 Å². The number of nitrogens with zero attached hydrogens (tertiary/aromatic N) is 4.